The van der Waals surface area contributed by atoms with Crippen LogP contribution in [0.1, 0.15) is 12.8 Å². The fourth-order valence-corrected chi connectivity index (χ4v) is 1.88. The molecule has 19 heavy (non-hydrogen) atoms. The number of nitrogens with zero attached hydrogens (tertiary/aromatic N) is 2. The Morgan fingerprint density at radius 1 is 1.58 bits per heavy atom. The van der Waals surface area contributed by atoms with Crippen LogP contribution in [0.15, 0.2) is 22.7 Å². The van der Waals surface area contributed by atoms with E-state index in [9.17, 15) is 4.79 Å². The Balaban J connectivity index is 2.40. The highest BCUT2D eigenvalue weighted by molar-refractivity contribution is 9.10. The summed E-state index contributed by atoms with van der Waals surface area (Å²) < 4.78 is 6.33. The Morgan fingerprint density at radius 2 is 2.32 bits per heavy atom. The molecule has 102 valence electrons. The molecular formula is C13H14BrClN2O2. The molecule has 0 N–H and O–H groups in total. The van der Waals surface area contributed by atoms with Gasteiger partial charge in [0.1, 0.15) is 5.75 Å². The molecule has 6 heteroatoms. The van der Waals surface area contributed by atoms with E-state index in [0.29, 0.717) is 23.7 Å². The van der Waals surface area contributed by atoms with Crippen LogP contribution in [-0.2, 0) is 4.79 Å². The Morgan fingerprint density at radius 3 is 3.00 bits per heavy atom. The number of ether oxygens (including phenoxy) is 1. The predicted molar refractivity (Wildman–Crippen MR) is 77.1 cm³/mol. The van der Waals surface area contributed by atoms with Gasteiger partial charge in [-0.25, -0.2) is 0 Å². The van der Waals surface area contributed by atoms with Crippen molar-refractivity contribution in [3.05, 3.63) is 27.7 Å². The third kappa shape index (κ3) is 5.50. The average molecular weight is 346 g/mol. The highest BCUT2D eigenvalue weighted by Crippen LogP contribution is 2.27. The maximum absolute atomic E-state index is 11.7. The minimum atomic E-state index is -0.0543. The number of hydrogen-bond acceptors (Lipinski definition) is 3. The molecule has 0 atom stereocenters. The van der Waals surface area contributed by atoms with Gasteiger partial charge in [-0.1, -0.05) is 27.5 Å². The second-order valence-corrected chi connectivity index (χ2v) is 5.22. The van der Waals surface area contributed by atoms with E-state index in [1.54, 1.807) is 19.2 Å². The van der Waals surface area contributed by atoms with Gasteiger partial charge in [0.2, 0.25) is 5.91 Å². The van der Waals surface area contributed by atoms with Crippen molar-refractivity contribution in [1.29, 1.82) is 5.26 Å². The topological polar surface area (TPSA) is 53.3 Å². The van der Waals surface area contributed by atoms with E-state index in [1.807, 2.05) is 12.1 Å². The fourth-order valence-electron chi connectivity index (χ4n) is 1.37. The van der Waals surface area contributed by atoms with Crippen LogP contribution in [0.3, 0.4) is 0 Å². The first-order valence-electron chi connectivity index (χ1n) is 5.73. The van der Waals surface area contributed by atoms with Gasteiger partial charge in [0.15, 0.2) is 0 Å². The number of nitriles is 1. The van der Waals surface area contributed by atoms with E-state index in [4.69, 9.17) is 21.6 Å². The molecule has 1 amide bonds. The molecule has 4 nitrogen and oxygen atoms in total. The van der Waals surface area contributed by atoms with E-state index in [0.717, 1.165) is 4.47 Å². The van der Waals surface area contributed by atoms with E-state index in [-0.39, 0.29) is 18.9 Å². The molecule has 0 bridgehead atoms. The van der Waals surface area contributed by atoms with E-state index in [2.05, 4.69) is 15.9 Å². The van der Waals surface area contributed by atoms with Crippen molar-refractivity contribution in [2.75, 3.05) is 20.2 Å². The second-order valence-electron chi connectivity index (χ2n) is 3.90. The quantitative estimate of drug-likeness (QED) is 0.795. The molecule has 0 saturated heterocycles. The van der Waals surface area contributed by atoms with Gasteiger partial charge in [-0.3, -0.25) is 4.79 Å². The van der Waals surface area contributed by atoms with Gasteiger partial charge in [0.25, 0.3) is 0 Å². The molecular weight excluding hydrogens is 332 g/mol. The third-order valence-corrected chi connectivity index (χ3v) is 3.26. The molecule has 1 aromatic carbocycles. The molecule has 0 aliphatic rings. The monoisotopic (exact) mass is 344 g/mol. The molecule has 0 saturated carbocycles. The van der Waals surface area contributed by atoms with Crippen LogP contribution >= 0.6 is 27.5 Å². The van der Waals surface area contributed by atoms with Gasteiger partial charge >= 0.3 is 0 Å². The second kappa shape index (κ2) is 8.03. The smallest absolute Gasteiger partial charge is 0.225 e. The summed E-state index contributed by atoms with van der Waals surface area (Å²) in [5.74, 6) is 0.491. The van der Waals surface area contributed by atoms with Gasteiger partial charge in [-0.05, 0) is 18.2 Å². The lowest BCUT2D eigenvalue weighted by molar-refractivity contribution is -0.130. The van der Waals surface area contributed by atoms with E-state index < -0.39 is 0 Å². The van der Waals surface area contributed by atoms with Gasteiger partial charge in [-0.2, -0.15) is 5.26 Å². The van der Waals surface area contributed by atoms with Crippen molar-refractivity contribution >= 4 is 33.4 Å². The Kier molecular flexibility index (Phi) is 6.68. The summed E-state index contributed by atoms with van der Waals surface area (Å²) in [6.45, 7) is 0.693. The Bertz CT molecular complexity index is 488. The lowest BCUT2D eigenvalue weighted by atomic mass is 10.3. The van der Waals surface area contributed by atoms with Gasteiger partial charge in [-0.15, -0.1) is 0 Å². The van der Waals surface area contributed by atoms with Crippen LogP contribution in [0.4, 0.5) is 0 Å². The molecule has 0 aliphatic carbocycles. The molecule has 0 fully saturated rings. The number of halogens is 2. The lowest BCUT2D eigenvalue weighted by Gasteiger charge is -2.15. The summed E-state index contributed by atoms with van der Waals surface area (Å²) in [7, 11) is 1.67. The number of carbonyl (C=O) groups is 1. The van der Waals surface area contributed by atoms with E-state index >= 15 is 0 Å². The third-order valence-electron chi connectivity index (χ3n) is 2.45. The van der Waals surface area contributed by atoms with Crippen LogP contribution in [-0.4, -0.2) is 31.0 Å². The normalized spacial score (nSPS) is 9.79. The van der Waals surface area contributed by atoms with Crippen LogP contribution < -0.4 is 4.74 Å². The summed E-state index contributed by atoms with van der Waals surface area (Å²) in [4.78, 5) is 13.2. The highest BCUT2D eigenvalue weighted by Gasteiger charge is 2.09. The zero-order valence-corrected chi connectivity index (χ0v) is 12.9. The molecule has 1 aromatic rings. The first-order valence-corrected chi connectivity index (χ1v) is 6.90. The zero-order chi connectivity index (χ0) is 14.3. The maximum Gasteiger partial charge on any atom is 0.225 e. The molecule has 0 aliphatic heterocycles. The first kappa shape index (κ1) is 15.8. The van der Waals surface area contributed by atoms with Crippen molar-refractivity contribution < 1.29 is 9.53 Å². The molecule has 0 radical (unpaired) electrons. The maximum atomic E-state index is 11.7. The number of carbonyl (C=O) groups excluding carboxylic acids is 1. The molecule has 0 spiro atoms. The fraction of sp³-hybridized carbons (Fsp3) is 0.385. The van der Waals surface area contributed by atoms with Crippen LogP contribution in [0.25, 0.3) is 0 Å². The summed E-state index contributed by atoms with van der Waals surface area (Å²) in [5.41, 5.74) is 0. The van der Waals surface area contributed by atoms with Crippen molar-refractivity contribution in [3.8, 4) is 11.8 Å². The number of rotatable bonds is 6. The summed E-state index contributed by atoms with van der Waals surface area (Å²) in [5, 5.41) is 8.95. The molecule has 1 rings (SSSR count). The number of benzene rings is 1. The van der Waals surface area contributed by atoms with Gasteiger partial charge in [0.05, 0.1) is 30.5 Å². The summed E-state index contributed by atoms with van der Waals surface area (Å²) in [6, 6.07) is 7.30. The summed E-state index contributed by atoms with van der Waals surface area (Å²) in [6.07, 6.45) is 0.589. The van der Waals surface area contributed by atoms with Crippen molar-refractivity contribution in [3.63, 3.8) is 0 Å². The largest absolute Gasteiger partial charge is 0.491 e. The van der Waals surface area contributed by atoms with Gasteiger partial charge in [0, 0.05) is 18.1 Å². The predicted octanol–water partition coefficient (Wildman–Crippen LogP) is 3.24. The lowest BCUT2D eigenvalue weighted by Crippen LogP contribution is -2.28. The standard InChI is InChI=1S/C13H14BrClN2O2/c1-17(7-2-6-16)13(18)5-8-19-12-9-10(14)3-4-11(12)15/h3-4,9H,2,5,7-8H2,1H3. The molecule has 0 heterocycles. The van der Waals surface area contributed by atoms with Gasteiger partial charge < -0.3 is 9.64 Å². The number of amides is 1. The Hall–Kier alpha value is -1.25. The Labute approximate surface area is 126 Å². The highest BCUT2D eigenvalue weighted by atomic mass is 79.9. The van der Waals surface area contributed by atoms with Crippen LogP contribution in [0.2, 0.25) is 5.02 Å². The SMILES string of the molecule is CN(CCC#N)C(=O)CCOc1cc(Br)ccc1Cl. The van der Waals surface area contributed by atoms with Crippen LogP contribution in [0.5, 0.6) is 5.75 Å². The van der Waals surface area contributed by atoms with Crippen molar-refractivity contribution in [2.45, 2.75) is 12.8 Å². The van der Waals surface area contributed by atoms with Crippen molar-refractivity contribution in [2.24, 2.45) is 0 Å². The number of hydrogen-bond donors (Lipinski definition) is 0. The molecule has 0 unspecified atom stereocenters. The summed E-state index contributed by atoms with van der Waals surface area (Å²) >= 11 is 9.29. The molecule has 0 aromatic heterocycles. The minimum Gasteiger partial charge on any atom is -0.491 e. The van der Waals surface area contributed by atoms with Crippen molar-refractivity contribution in [1.82, 2.24) is 4.90 Å². The average Bonchev–Trinajstić information content (AvgIpc) is 2.39. The minimum absolute atomic E-state index is 0.0543. The first-order chi connectivity index (χ1) is 9.04. The van der Waals surface area contributed by atoms with E-state index in [1.165, 1.54) is 4.90 Å². The zero-order valence-electron chi connectivity index (χ0n) is 10.5. The van der Waals surface area contributed by atoms with Crippen LogP contribution in [0, 0.1) is 11.3 Å².